The van der Waals surface area contributed by atoms with E-state index in [1.807, 2.05) is 43.3 Å². The number of rotatable bonds is 5. The normalized spacial score (nSPS) is 10.4. The molecule has 0 saturated heterocycles. The van der Waals surface area contributed by atoms with Gasteiger partial charge in [-0.25, -0.2) is 0 Å². The summed E-state index contributed by atoms with van der Waals surface area (Å²) in [6.45, 7) is 3.37. The predicted molar refractivity (Wildman–Crippen MR) is 73.8 cm³/mol. The minimum Gasteiger partial charge on any atom is -0.465 e. The van der Waals surface area contributed by atoms with Gasteiger partial charge >= 0.3 is 0 Å². The van der Waals surface area contributed by atoms with Gasteiger partial charge in [-0.05, 0) is 36.8 Å². The van der Waals surface area contributed by atoms with Crippen molar-refractivity contribution in [3.05, 3.63) is 59.0 Å². The monoisotopic (exact) mass is 258 g/mol. The maximum absolute atomic E-state index is 11.4. The van der Waals surface area contributed by atoms with Crippen molar-refractivity contribution < 1.29 is 9.21 Å². The molecule has 0 aliphatic heterocycles. The van der Waals surface area contributed by atoms with Crippen LogP contribution in [0.2, 0.25) is 0 Å². The third-order valence-electron chi connectivity index (χ3n) is 2.87. The van der Waals surface area contributed by atoms with Crippen LogP contribution in [0.25, 0.3) is 0 Å². The Bertz CT molecular complexity index is 544. The zero-order valence-electron chi connectivity index (χ0n) is 11.2. The average Bonchev–Trinajstić information content (AvgIpc) is 2.84. The van der Waals surface area contributed by atoms with E-state index < -0.39 is 0 Å². The van der Waals surface area contributed by atoms with Crippen LogP contribution in [0.4, 0.5) is 0 Å². The molecule has 0 radical (unpaired) electrons. The summed E-state index contributed by atoms with van der Waals surface area (Å²) in [6.07, 6.45) is 0. The highest BCUT2D eigenvalue weighted by molar-refractivity contribution is 5.93. The third-order valence-corrected chi connectivity index (χ3v) is 2.87. The number of benzene rings is 1. The molecule has 0 spiro atoms. The van der Waals surface area contributed by atoms with Crippen LogP contribution in [0.3, 0.4) is 0 Å². The zero-order chi connectivity index (χ0) is 13.7. The molecule has 0 aliphatic rings. The molecule has 4 heteroatoms. The molecule has 0 bridgehead atoms. The molecule has 0 atom stereocenters. The highest BCUT2D eigenvalue weighted by atomic mass is 16.3. The lowest BCUT2D eigenvalue weighted by Crippen LogP contribution is -2.18. The van der Waals surface area contributed by atoms with Gasteiger partial charge in [-0.3, -0.25) is 4.79 Å². The van der Waals surface area contributed by atoms with E-state index in [9.17, 15) is 4.79 Å². The van der Waals surface area contributed by atoms with Crippen LogP contribution in [0, 0.1) is 6.92 Å². The summed E-state index contributed by atoms with van der Waals surface area (Å²) >= 11 is 0. The van der Waals surface area contributed by atoms with Crippen LogP contribution < -0.4 is 10.6 Å². The Kier molecular flexibility index (Phi) is 4.36. The van der Waals surface area contributed by atoms with E-state index in [1.165, 1.54) is 0 Å². The van der Waals surface area contributed by atoms with Crippen molar-refractivity contribution in [3.8, 4) is 0 Å². The molecule has 1 amide bonds. The summed E-state index contributed by atoms with van der Waals surface area (Å²) in [7, 11) is 1.63. The lowest BCUT2D eigenvalue weighted by atomic mass is 10.1. The molecule has 4 nitrogen and oxygen atoms in total. The fourth-order valence-corrected chi connectivity index (χ4v) is 1.83. The summed E-state index contributed by atoms with van der Waals surface area (Å²) in [5.41, 5.74) is 1.81. The van der Waals surface area contributed by atoms with Gasteiger partial charge in [0.2, 0.25) is 0 Å². The van der Waals surface area contributed by atoms with Crippen molar-refractivity contribution in [2.45, 2.75) is 20.0 Å². The van der Waals surface area contributed by atoms with Gasteiger partial charge in [-0.1, -0.05) is 12.1 Å². The van der Waals surface area contributed by atoms with E-state index in [4.69, 9.17) is 4.42 Å². The van der Waals surface area contributed by atoms with Crippen LogP contribution in [-0.4, -0.2) is 13.0 Å². The maximum Gasteiger partial charge on any atom is 0.251 e. The molecule has 2 N–H and O–H groups in total. The van der Waals surface area contributed by atoms with Crippen molar-refractivity contribution in [1.82, 2.24) is 10.6 Å². The molecule has 19 heavy (non-hydrogen) atoms. The van der Waals surface area contributed by atoms with Crippen LogP contribution in [-0.2, 0) is 13.1 Å². The molecule has 2 aromatic rings. The lowest BCUT2D eigenvalue weighted by molar-refractivity contribution is 0.0963. The van der Waals surface area contributed by atoms with Crippen molar-refractivity contribution in [2.24, 2.45) is 0 Å². The summed E-state index contributed by atoms with van der Waals surface area (Å²) in [4.78, 5) is 11.4. The number of nitrogens with one attached hydrogen (secondary N) is 2. The predicted octanol–water partition coefficient (Wildman–Crippen LogP) is 2.24. The van der Waals surface area contributed by atoms with E-state index in [2.05, 4.69) is 10.6 Å². The second kappa shape index (κ2) is 6.20. The highest BCUT2D eigenvalue weighted by Gasteiger charge is 2.02. The van der Waals surface area contributed by atoms with Crippen LogP contribution in [0.1, 0.15) is 27.4 Å². The molecule has 100 valence electrons. The number of carbonyl (C=O) groups is 1. The lowest BCUT2D eigenvalue weighted by Gasteiger charge is -2.04. The fraction of sp³-hybridized carbons (Fsp3) is 0.267. The Morgan fingerprint density at radius 3 is 2.42 bits per heavy atom. The molecule has 0 saturated carbocycles. The second-order valence-corrected chi connectivity index (χ2v) is 4.39. The summed E-state index contributed by atoms with van der Waals surface area (Å²) in [5.74, 6) is 1.79. The number of hydrogen-bond acceptors (Lipinski definition) is 3. The Morgan fingerprint density at radius 2 is 1.84 bits per heavy atom. The van der Waals surface area contributed by atoms with Crippen molar-refractivity contribution in [3.63, 3.8) is 0 Å². The molecule has 1 aromatic heterocycles. The molecule has 1 heterocycles. The Morgan fingerprint density at radius 1 is 1.11 bits per heavy atom. The maximum atomic E-state index is 11.4. The van der Waals surface area contributed by atoms with Gasteiger partial charge < -0.3 is 15.1 Å². The van der Waals surface area contributed by atoms with Gasteiger partial charge in [0.25, 0.3) is 5.91 Å². The minimum atomic E-state index is -0.0643. The molecule has 0 fully saturated rings. The fourth-order valence-electron chi connectivity index (χ4n) is 1.83. The number of aryl methyl sites for hydroxylation is 1. The standard InChI is InChI=1S/C15H18N2O2/c1-11-3-8-14(19-11)10-17-9-12-4-6-13(7-5-12)15(18)16-2/h3-8,17H,9-10H2,1-2H3,(H,16,18). The first-order valence-corrected chi connectivity index (χ1v) is 6.26. The SMILES string of the molecule is CNC(=O)c1ccc(CNCc2ccc(C)o2)cc1. The van der Waals surface area contributed by atoms with Crippen molar-refractivity contribution in [1.29, 1.82) is 0 Å². The summed E-state index contributed by atoms with van der Waals surface area (Å²) < 4.78 is 5.47. The van der Waals surface area contributed by atoms with Gasteiger partial charge in [-0.2, -0.15) is 0 Å². The van der Waals surface area contributed by atoms with E-state index in [0.29, 0.717) is 12.1 Å². The molecule has 0 aliphatic carbocycles. The average molecular weight is 258 g/mol. The van der Waals surface area contributed by atoms with Gasteiger partial charge in [0.15, 0.2) is 0 Å². The topological polar surface area (TPSA) is 54.3 Å². The van der Waals surface area contributed by atoms with E-state index in [1.54, 1.807) is 7.05 Å². The van der Waals surface area contributed by atoms with Gasteiger partial charge in [-0.15, -0.1) is 0 Å². The largest absolute Gasteiger partial charge is 0.465 e. The molecular weight excluding hydrogens is 240 g/mol. The minimum absolute atomic E-state index is 0.0643. The van der Waals surface area contributed by atoms with Crippen LogP contribution >= 0.6 is 0 Å². The van der Waals surface area contributed by atoms with E-state index in [0.717, 1.165) is 23.6 Å². The summed E-state index contributed by atoms with van der Waals surface area (Å²) in [5, 5.41) is 5.90. The number of furan rings is 1. The number of carbonyl (C=O) groups excluding carboxylic acids is 1. The first-order valence-electron chi connectivity index (χ1n) is 6.26. The van der Waals surface area contributed by atoms with Crippen LogP contribution in [0.5, 0.6) is 0 Å². The summed E-state index contributed by atoms with van der Waals surface area (Å²) in [6, 6.07) is 11.5. The quantitative estimate of drug-likeness (QED) is 0.864. The van der Waals surface area contributed by atoms with Crippen molar-refractivity contribution >= 4 is 5.91 Å². The second-order valence-electron chi connectivity index (χ2n) is 4.39. The smallest absolute Gasteiger partial charge is 0.251 e. The van der Waals surface area contributed by atoms with Gasteiger partial charge in [0, 0.05) is 19.2 Å². The Balaban J connectivity index is 1.84. The zero-order valence-corrected chi connectivity index (χ0v) is 11.2. The van der Waals surface area contributed by atoms with Crippen LogP contribution in [0.15, 0.2) is 40.8 Å². The van der Waals surface area contributed by atoms with Gasteiger partial charge in [0.1, 0.15) is 11.5 Å². The van der Waals surface area contributed by atoms with E-state index >= 15 is 0 Å². The van der Waals surface area contributed by atoms with Crippen molar-refractivity contribution in [2.75, 3.05) is 7.05 Å². The molecule has 2 rings (SSSR count). The van der Waals surface area contributed by atoms with Gasteiger partial charge in [0.05, 0.1) is 6.54 Å². The molecule has 1 aromatic carbocycles. The Hall–Kier alpha value is -2.07. The highest BCUT2D eigenvalue weighted by Crippen LogP contribution is 2.07. The molecule has 0 unspecified atom stereocenters. The first kappa shape index (κ1) is 13.4. The molecular formula is C15H18N2O2. The van der Waals surface area contributed by atoms with E-state index in [-0.39, 0.29) is 5.91 Å². The third kappa shape index (κ3) is 3.69. The first-order chi connectivity index (χ1) is 9.19. The Labute approximate surface area is 112 Å². The number of hydrogen-bond donors (Lipinski definition) is 2. The number of amides is 1.